The number of nitrogens with one attached hydrogen (secondary N) is 1. The van der Waals surface area contributed by atoms with Crippen molar-refractivity contribution in [3.8, 4) is 11.3 Å². The number of aromatic amines is 1. The Hall–Kier alpha value is -2.47. The fourth-order valence-corrected chi connectivity index (χ4v) is 3.85. The van der Waals surface area contributed by atoms with Crippen LogP contribution in [0.25, 0.3) is 11.3 Å². The zero-order chi connectivity index (χ0) is 16.4. The summed E-state index contributed by atoms with van der Waals surface area (Å²) in [6.45, 7) is 0.757. The fourth-order valence-electron chi connectivity index (χ4n) is 3.20. The van der Waals surface area contributed by atoms with E-state index in [4.69, 9.17) is 0 Å². The van der Waals surface area contributed by atoms with Crippen molar-refractivity contribution < 1.29 is 4.79 Å². The number of rotatable bonds is 3. The van der Waals surface area contributed by atoms with Crippen molar-refractivity contribution in [3.63, 3.8) is 0 Å². The largest absolute Gasteiger partial charge is 0.329 e. The highest BCUT2D eigenvalue weighted by Crippen LogP contribution is 2.31. The fraction of sp³-hybridized carbons (Fsp3) is 0.278. The summed E-state index contributed by atoms with van der Waals surface area (Å²) in [5, 5.41) is 11.2. The van der Waals surface area contributed by atoms with Gasteiger partial charge in [-0.15, -0.1) is 0 Å². The minimum Gasteiger partial charge on any atom is -0.329 e. The van der Waals surface area contributed by atoms with Crippen LogP contribution in [-0.2, 0) is 0 Å². The molecule has 1 N–H and O–H groups in total. The number of likely N-dealkylation sites (tertiary alicyclic amines) is 1. The highest BCUT2D eigenvalue weighted by molar-refractivity contribution is 7.08. The quantitative estimate of drug-likeness (QED) is 0.788. The first-order chi connectivity index (χ1) is 11.8. The molecule has 24 heavy (non-hydrogen) atoms. The van der Waals surface area contributed by atoms with E-state index in [0.29, 0.717) is 5.69 Å². The van der Waals surface area contributed by atoms with Crippen LogP contribution in [0.2, 0.25) is 0 Å². The molecule has 1 saturated heterocycles. The highest BCUT2D eigenvalue weighted by Gasteiger charge is 2.30. The monoisotopic (exact) mass is 338 g/mol. The number of carbonyl (C=O) groups is 1. The molecular weight excluding hydrogens is 320 g/mol. The van der Waals surface area contributed by atoms with Gasteiger partial charge in [0.2, 0.25) is 0 Å². The van der Waals surface area contributed by atoms with Crippen molar-refractivity contribution in [2.75, 3.05) is 6.54 Å². The van der Waals surface area contributed by atoms with E-state index in [1.54, 1.807) is 17.5 Å². The predicted molar refractivity (Wildman–Crippen MR) is 93.8 cm³/mol. The summed E-state index contributed by atoms with van der Waals surface area (Å²) in [5.74, 6) is -0.000618. The molecule has 0 bridgehead atoms. The predicted octanol–water partition coefficient (Wildman–Crippen LogP) is 3.90. The molecule has 4 rings (SSSR count). The molecule has 1 amide bonds. The van der Waals surface area contributed by atoms with Crippen LogP contribution in [0.4, 0.5) is 0 Å². The van der Waals surface area contributed by atoms with Gasteiger partial charge < -0.3 is 4.90 Å². The number of pyridine rings is 1. The minimum absolute atomic E-state index is 0.000618. The molecule has 0 spiro atoms. The highest BCUT2D eigenvalue weighted by atomic mass is 32.1. The first-order valence-corrected chi connectivity index (χ1v) is 9.07. The molecule has 3 aromatic rings. The number of piperidine rings is 1. The van der Waals surface area contributed by atoms with E-state index >= 15 is 0 Å². The minimum atomic E-state index is -0.000618. The van der Waals surface area contributed by atoms with Crippen LogP contribution in [0, 0.1) is 0 Å². The molecule has 5 nitrogen and oxygen atoms in total. The summed E-state index contributed by atoms with van der Waals surface area (Å²) < 4.78 is 0. The average Bonchev–Trinajstić information content (AvgIpc) is 3.33. The van der Waals surface area contributed by atoms with Crippen LogP contribution in [0.3, 0.4) is 0 Å². The van der Waals surface area contributed by atoms with E-state index in [9.17, 15) is 4.79 Å². The van der Waals surface area contributed by atoms with Crippen molar-refractivity contribution in [2.24, 2.45) is 0 Å². The Kier molecular flexibility index (Phi) is 4.13. The molecule has 0 aromatic carbocycles. The second kappa shape index (κ2) is 6.57. The van der Waals surface area contributed by atoms with Gasteiger partial charge in [-0.25, -0.2) is 0 Å². The molecule has 1 aliphatic rings. The van der Waals surface area contributed by atoms with Crippen LogP contribution < -0.4 is 0 Å². The molecule has 3 aromatic heterocycles. The van der Waals surface area contributed by atoms with Crippen molar-refractivity contribution >= 4 is 17.2 Å². The second-order valence-corrected chi connectivity index (χ2v) is 6.72. The average molecular weight is 338 g/mol. The second-order valence-electron chi connectivity index (χ2n) is 5.94. The van der Waals surface area contributed by atoms with E-state index in [2.05, 4.69) is 15.2 Å². The third kappa shape index (κ3) is 2.85. The summed E-state index contributed by atoms with van der Waals surface area (Å²) in [7, 11) is 0. The summed E-state index contributed by atoms with van der Waals surface area (Å²) in [6.07, 6.45) is 4.89. The lowest BCUT2D eigenvalue weighted by atomic mass is 9.98. The van der Waals surface area contributed by atoms with E-state index in [0.717, 1.165) is 42.8 Å². The summed E-state index contributed by atoms with van der Waals surface area (Å²) in [6, 6.07) is 9.77. The molecule has 1 aliphatic heterocycles. The van der Waals surface area contributed by atoms with Crippen LogP contribution >= 0.6 is 11.3 Å². The number of nitrogens with zero attached hydrogens (tertiary/aromatic N) is 3. The Morgan fingerprint density at radius 3 is 3.04 bits per heavy atom. The van der Waals surface area contributed by atoms with Gasteiger partial charge in [0.1, 0.15) is 5.69 Å². The number of aromatic nitrogens is 3. The normalized spacial score (nSPS) is 17.8. The van der Waals surface area contributed by atoms with Crippen molar-refractivity contribution in [1.29, 1.82) is 0 Å². The number of thiophene rings is 1. The Morgan fingerprint density at radius 2 is 2.25 bits per heavy atom. The van der Waals surface area contributed by atoms with Gasteiger partial charge in [-0.1, -0.05) is 6.07 Å². The third-order valence-corrected chi connectivity index (χ3v) is 5.10. The number of carbonyl (C=O) groups excluding carboxylic acids is 1. The van der Waals surface area contributed by atoms with Gasteiger partial charge >= 0.3 is 0 Å². The smallest absolute Gasteiger partial charge is 0.272 e. The summed E-state index contributed by atoms with van der Waals surface area (Å²) in [4.78, 5) is 19.4. The molecule has 1 atom stereocenters. The Bertz CT molecular complexity index is 813. The third-order valence-electron chi connectivity index (χ3n) is 4.42. The molecular formula is C18H18N4OS. The maximum absolute atomic E-state index is 13.0. The molecule has 0 aliphatic carbocycles. The molecule has 1 fully saturated rings. The van der Waals surface area contributed by atoms with Gasteiger partial charge in [-0.3, -0.25) is 14.9 Å². The lowest BCUT2D eigenvalue weighted by Gasteiger charge is -2.35. The van der Waals surface area contributed by atoms with Gasteiger partial charge in [0.25, 0.3) is 5.91 Å². The van der Waals surface area contributed by atoms with Crippen molar-refractivity contribution in [1.82, 2.24) is 20.1 Å². The molecule has 0 unspecified atom stereocenters. The summed E-state index contributed by atoms with van der Waals surface area (Å²) in [5.41, 5.74) is 3.35. The number of hydrogen-bond acceptors (Lipinski definition) is 4. The zero-order valence-corrected chi connectivity index (χ0v) is 14.0. The SMILES string of the molecule is O=C(c1cc(-c2ccsc2)n[nH]1)N1CCCC[C@H]1c1ccccn1. The maximum atomic E-state index is 13.0. The van der Waals surface area contributed by atoms with E-state index in [1.165, 1.54) is 0 Å². The van der Waals surface area contributed by atoms with Gasteiger partial charge in [-0.05, 0) is 48.9 Å². The Balaban J connectivity index is 1.60. The van der Waals surface area contributed by atoms with E-state index in [1.807, 2.05) is 46.0 Å². The van der Waals surface area contributed by atoms with Crippen LogP contribution in [0.1, 0.15) is 41.5 Å². The maximum Gasteiger partial charge on any atom is 0.272 e. The van der Waals surface area contributed by atoms with Gasteiger partial charge in [0.05, 0.1) is 17.4 Å². The molecule has 4 heterocycles. The van der Waals surface area contributed by atoms with Gasteiger partial charge in [0, 0.05) is 23.7 Å². The Labute approximate surface area is 144 Å². The molecule has 122 valence electrons. The van der Waals surface area contributed by atoms with E-state index < -0.39 is 0 Å². The molecule has 6 heteroatoms. The number of hydrogen-bond donors (Lipinski definition) is 1. The molecule has 0 saturated carbocycles. The molecule has 0 radical (unpaired) electrons. The first kappa shape index (κ1) is 15.1. The van der Waals surface area contributed by atoms with Crippen molar-refractivity contribution in [2.45, 2.75) is 25.3 Å². The Morgan fingerprint density at radius 1 is 1.29 bits per heavy atom. The standard InChI is InChI=1S/C18H18N4OS/c23-18(16-11-15(20-21-16)13-7-10-24-12-13)22-9-4-2-6-17(22)14-5-1-3-8-19-14/h1,3,5,7-8,10-12,17H,2,4,6,9H2,(H,20,21)/t17-/m0/s1. The number of amides is 1. The van der Waals surface area contributed by atoms with Crippen LogP contribution in [0.15, 0.2) is 47.3 Å². The lowest BCUT2D eigenvalue weighted by Crippen LogP contribution is -2.39. The van der Waals surface area contributed by atoms with Gasteiger partial charge in [0.15, 0.2) is 0 Å². The van der Waals surface area contributed by atoms with Crippen molar-refractivity contribution in [3.05, 3.63) is 58.7 Å². The first-order valence-electron chi connectivity index (χ1n) is 8.13. The number of H-pyrrole nitrogens is 1. The zero-order valence-electron chi connectivity index (χ0n) is 13.2. The van der Waals surface area contributed by atoms with Gasteiger partial charge in [-0.2, -0.15) is 16.4 Å². The van der Waals surface area contributed by atoms with Crippen LogP contribution in [0.5, 0.6) is 0 Å². The van der Waals surface area contributed by atoms with E-state index in [-0.39, 0.29) is 11.9 Å². The topological polar surface area (TPSA) is 61.9 Å². The lowest BCUT2D eigenvalue weighted by molar-refractivity contribution is 0.0600. The van der Waals surface area contributed by atoms with Crippen LogP contribution in [-0.4, -0.2) is 32.5 Å². The summed E-state index contributed by atoms with van der Waals surface area (Å²) >= 11 is 1.62.